The standard InChI is InChI=1S/C17H26O2/c1-4-14-6-8-15(9-7-14)19-17-10-5-12(2)11-16(17)13(3)18/h5,10-11,13-15,18H,4,6-9H2,1-3H3/t13-,14?,15?/m0/s1. The summed E-state index contributed by atoms with van der Waals surface area (Å²) >= 11 is 0. The number of hydrogen-bond acceptors (Lipinski definition) is 2. The monoisotopic (exact) mass is 262 g/mol. The van der Waals surface area contributed by atoms with Gasteiger partial charge in [0.25, 0.3) is 0 Å². The molecule has 1 aromatic carbocycles. The summed E-state index contributed by atoms with van der Waals surface area (Å²) in [7, 11) is 0. The SMILES string of the molecule is CCC1CCC(Oc2ccc(C)cc2[C@H](C)O)CC1. The largest absolute Gasteiger partial charge is 0.490 e. The molecule has 1 aliphatic rings. The maximum absolute atomic E-state index is 9.86. The first kappa shape index (κ1) is 14.4. The van der Waals surface area contributed by atoms with Gasteiger partial charge in [0.05, 0.1) is 12.2 Å². The molecule has 0 bridgehead atoms. The maximum atomic E-state index is 9.86. The molecule has 1 aromatic rings. The summed E-state index contributed by atoms with van der Waals surface area (Å²) in [6.07, 6.45) is 5.98. The Morgan fingerprint density at radius 1 is 1.26 bits per heavy atom. The minimum Gasteiger partial charge on any atom is -0.490 e. The van der Waals surface area contributed by atoms with Crippen LogP contribution in [0.25, 0.3) is 0 Å². The van der Waals surface area contributed by atoms with Crippen molar-refractivity contribution in [3.05, 3.63) is 29.3 Å². The lowest BCUT2D eigenvalue weighted by molar-refractivity contribution is 0.122. The van der Waals surface area contributed by atoms with E-state index in [1.807, 2.05) is 19.1 Å². The summed E-state index contributed by atoms with van der Waals surface area (Å²) in [6, 6.07) is 6.08. The third-order valence-corrected chi connectivity index (χ3v) is 4.28. The smallest absolute Gasteiger partial charge is 0.125 e. The van der Waals surface area contributed by atoms with E-state index < -0.39 is 6.10 Å². The summed E-state index contributed by atoms with van der Waals surface area (Å²) in [4.78, 5) is 0. The number of rotatable bonds is 4. The van der Waals surface area contributed by atoms with E-state index in [4.69, 9.17) is 4.74 Å². The molecule has 2 nitrogen and oxygen atoms in total. The van der Waals surface area contributed by atoms with Gasteiger partial charge in [0.1, 0.15) is 5.75 Å². The second-order valence-corrected chi connectivity index (χ2v) is 5.89. The van der Waals surface area contributed by atoms with Crippen LogP contribution in [-0.4, -0.2) is 11.2 Å². The Labute approximate surface area is 116 Å². The first-order valence-electron chi connectivity index (χ1n) is 7.55. The number of aliphatic hydroxyl groups excluding tert-OH is 1. The summed E-state index contributed by atoms with van der Waals surface area (Å²) in [5.74, 6) is 1.75. The van der Waals surface area contributed by atoms with Gasteiger partial charge in [0, 0.05) is 5.56 Å². The molecule has 19 heavy (non-hydrogen) atoms. The van der Waals surface area contributed by atoms with Gasteiger partial charge in [-0.1, -0.05) is 25.0 Å². The number of hydrogen-bond donors (Lipinski definition) is 1. The van der Waals surface area contributed by atoms with Crippen molar-refractivity contribution in [1.29, 1.82) is 0 Å². The molecule has 0 aliphatic heterocycles. The Bertz CT molecular complexity index is 404. The van der Waals surface area contributed by atoms with Crippen molar-refractivity contribution in [1.82, 2.24) is 0 Å². The lowest BCUT2D eigenvalue weighted by Crippen LogP contribution is -2.24. The summed E-state index contributed by atoms with van der Waals surface area (Å²) < 4.78 is 6.14. The van der Waals surface area contributed by atoms with Crippen LogP contribution in [0, 0.1) is 12.8 Å². The summed E-state index contributed by atoms with van der Waals surface area (Å²) in [6.45, 7) is 6.12. The predicted octanol–water partition coefficient (Wildman–Crippen LogP) is 4.40. The molecule has 0 unspecified atom stereocenters. The fourth-order valence-electron chi connectivity index (χ4n) is 2.94. The number of ether oxygens (including phenoxy) is 1. The average molecular weight is 262 g/mol. The van der Waals surface area contributed by atoms with Crippen LogP contribution in [0.3, 0.4) is 0 Å². The number of benzene rings is 1. The van der Waals surface area contributed by atoms with Crippen LogP contribution in [0.1, 0.15) is 63.2 Å². The van der Waals surface area contributed by atoms with Crippen LogP contribution in [0.4, 0.5) is 0 Å². The highest BCUT2D eigenvalue weighted by Crippen LogP contribution is 2.32. The predicted molar refractivity (Wildman–Crippen MR) is 78.5 cm³/mol. The van der Waals surface area contributed by atoms with Gasteiger partial charge in [-0.2, -0.15) is 0 Å². The van der Waals surface area contributed by atoms with E-state index in [0.29, 0.717) is 6.10 Å². The van der Waals surface area contributed by atoms with Crippen molar-refractivity contribution in [3.8, 4) is 5.75 Å². The van der Waals surface area contributed by atoms with Crippen LogP contribution in [0.5, 0.6) is 5.75 Å². The fraction of sp³-hybridized carbons (Fsp3) is 0.647. The van der Waals surface area contributed by atoms with Crippen LogP contribution < -0.4 is 4.74 Å². The van der Waals surface area contributed by atoms with Crippen LogP contribution in [0.2, 0.25) is 0 Å². The zero-order chi connectivity index (χ0) is 13.8. The van der Waals surface area contributed by atoms with Crippen LogP contribution in [-0.2, 0) is 0 Å². The van der Waals surface area contributed by atoms with Gasteiger partial charge in [0.2, 0.25) is 0 Å². The molecule has 1 aliphatic carbocycles. The molecule has 2 heteroatoms. The second-order valence-electron chi connectivity index (χ2n) is 5.89. The second kappa shape index (κ2) is 6.42. The Balaban J connectivity index is 2.03. The Morgan fingerprint density at radius 2 is 1.95 bits per heavy atom. The first-order valence-corrected chi connectivity index (χ1v) is 7.55. The molecule has 106 valence electrons. The molecule has 0 amide bonds. The topological polar surface area (TPSA) is 29.5 Å². The molecule has 0 spiro atoms. The van der Waals surface area contributed by atoms with Gasteiger partial charge in [-0.05, 0) is 57.6 Å². The lowest BCUT2D eigenvalue weighted by atomic mass is 9.86. The van der Waals surface area contributed by atoms with Gasteiger partial charge >= 0.3 is 0 Å². The molecule has 1 saturated carbocycles. The molecule has 2 rings (SSSR count). The molecular weight excluding hydrogens is 236 g/mol. The van der Waals surface area contributed by atoms with E-state index in [9.17, 15) is 5.11 Å². The van der Waals surface area contributed by atoms with Crippen molar-refractivity contribution in [2.75, 3.05) is 0 Å². The van der Waals surface area contributed by atoms with Gasteiger partial charge in [0.15, 0.2) is 0 Å². The highest BCUT2D eigenvalue weighted by atomic mass is 16.5. The van der Waals surface area contributed by atoms with Crippen molar-refractivity contribution in [2.24, 2.45) is 5.92 Å². The van der Waals surface area contributed by atoms with E-state index >= 15 is 0 Å². The molecule has 0 heterocycles. The fourth-order valence-corrected chi connectivity index (χ4v) is 2.94. The maximum Gasteiger partial charge on any atom is 0.125 e. The van der Waals surface area contributed by atoms with Crippen LogP contribution in [0.15, 0.2) is 18.2 Å². The summed E-state index contributed by atoms with van der Waals surface area (Å²) in [5, 5.41) is 9.86. The van der Waals surface area contributed by atoms with Gasteiger partial charge < -0.3 is 9.84 Å². The zero-order valence-electron chi connectivity index (χ0n) is 12.4. The van der Waals surface area contributed by atoms with Gasteiger partial charge in [-0.15, -0.1) is 0 Å². The lowest BCUT2D eigenvalue weighted by Gasteiger charge is -2.29. The van der Waals surface area contributed by atoms with Crippen molar-refractivity contribution in [3.63, 3.8) is 0 Å². The van der Waals surface area contributed by atoms with E-state index in [1.54, 1.807) is 6.92 Å². The third-order valence-electron chi connectivity index (χ3n) is 4.28. The van der Waals surface area contributed by atoms with Gasteiger partial charge in [-0.25, -0.2) is 0 Å². The first-order chi connectivity index (χ1) is 9.10. The van der Waals surface area contributed by atoms with E-state index in [-0.39, 0.29) is 0 Å². The molecule has 0 radical (unpaired) electrons. The minimum absolute atomic E-state index is 0.322. The molecule has 0 saturated heterocycles. The highest BCUT2D eigenvalue weighted by molar-refractivity contribution is 5.38. The average Bonchev–Trinajstić information content (AvgIpc) is 2.41. The molecule has 1 fully saturated rings. The highest BCUT2D eigenvalue weighted by Gasteiger charge is 2.22. The van der Waals surface area contributed by atoms with Crippen molar-refractivity contribution >= 4 is 0 Å². The Morgan fingerprint density at radius 3 is 2.53 bits per heavy atom. The van der Waals surface area contributed by atoms with Crippen molar-refractivity contribution < 1.29 is 9.84 Å². The molecule has 1 N–H and O–H groups in total. The van der Waals surface area contributed by atoms with E-state index in [2.05, 4.69) is 13.0 Å². The minimum atomic E-state index is -0.470. The van der Waals surface area contributed by atoms with Crippen LogP contribution >= 0.6 is 0 Å². The zero-order valence-corrected chi connectivity index (χ0v) is 12.4. The van der Waals surface area contributed by atoms with Crippen molar-refractivity contribution in [2.45, 2.75) is 65.1 Å². The quantitative estimate of drug-likeness (QED) is 0.871. The Kier molecular flexibility index (Phi) is 4.87. The summed E-state index contributed by atoms with van der Waals surface area (Å²) in [5.41, 5.74) is 2.08. The van der Waals surface area contributed by atoms with E-state index in [0.717, 1.165) is 35.6 Å². The normalized spacial score (nSPS) is 25.1. The van der Waals surface area contributed by atoms with Gasteiger partial charge in [-0.3, -0.25) is 0 Å². The third kappa shape index (κ3) is 3.73. The van der Waals surface area contributed by atoms with E-state index in [1.165, 1.54) is 19.3 Å². The molecule has 1 atom stereocenters. The number of aliphatic hydroxyl groups is 1. The molecule has 0 aromatic heterocycles. The molecular formula is C17H26O2. The number of aryl methyl sites for hydroxylation is 1. The Hall–Kier alpha value is -1.02.